The van der Waals surface area contributed by atoms with E-state index in [1.807, 2.05) is 60.7 Å². The maximum atomic E-state index is 6.23. The van der Waals surface area contributed by atoms with Crippen LogP contribution >= 0.6 is 0 Å². The summed E-state index contributed by atoms with van der Waals surface area (Å²) < 4.78 is 8.34. The van der Waals surface area contributed by atoms with Crippen LogP contribution in [0, 0.1) is 0 Å². The number of rotatable bonds is 6. The fraction of sp³-hybridized carbons (Fsp3) is 0. The van der Waals surface area contributed by atoms with Crippen molar-refractivity contribution < 1.29 is 4.42 Å². The Balaban J connectivity index is 1.03. The highest BCUT2D eigenvalue weighted by Gasteiger charge is 2.18. The first-order chi connectivity index (χ1) is 25.7. The molecule has 3 heterocycles. The SMILES string of the molecule is c1ccc(-c2ccc(-c3nc(-c4ccccc4)nc(-c4ccc(-c5ccc6c(c5)c5ccccc5n6-c5nc6ccccc6o5)cc4)n3)cc2)cc1. The third-order valence-corrected chi connectivity index (χ3v) is 9.54. The van der Waals surface area contributed by atoms with Crippen molar-refractivity contribution in [1.82, 2.24) is 24.5 Å². The first kappa shape index (κ1) is 29.7. The lowest BCUT2D eigenvalue weighted by Crippen LogP contribution is -2.00. The first-order valence-electron chi connectivity index (χ1n) is 17.2. The van der Waals surface area contributed by atoms with Crippen molar-refractivity contribution in [2.24, 2.45) is 0 Å². The lowest BCUT2D eigenvalue weighted by Gasteiger charge is -2.10. The second-order valence-corrected chi connectivity index (χ2v) is 12.7. The van der Waals surface area contributed by atoms with E-state index in [1.54, 1.807) is 0 Å². The molecule has 3 aromatic heterocycles. The van der Waals surface area contributed by atoms with Gasteiger partial charge in [-0.25, -0.2) is 15.0 Å². The molecule has 52 heavy (non-hydrogen) atoms. The molecule has 6 nitrogen and oxygen atoms in total. The molecule has 0 aliphatic heterocycles. The van der Waals surface area contributed by atoms with Gasteiger partial charge in [0.15, 0.2) is 23.1 Å². The zero-order valence-corrected chi connectivity index (χ0v) is 27.9. The molecule has 0 spiro atoms. The van der Waals surface area contributed by atoms with Gasteiger partial charge in [-0.3, -0.25) is 4.57 Å². The summed E-state index contributed by atoms with van der Waals surface area (Å²) in [5, 5.41) is 2.27. The zero-order valence-electron chi connectivity index (χ0n) is 27.9. The second-order valence-electron chi connectivity index (χ2n) is 12.7. The molecule has 244 valence electrons. The molecule has 0 aliphatic carbocycles. The van der Waals surface area contributed by atoms with Gasteiger partial charge in [0, 0.05) is 27.5 Å². The number of fused-ring (bicyclic) bond motifs is 4. The molecule has 0 saturated heterocycles. The number of hydrogen-bond acceptors (Lipinski definition) is 5. The van der Waals surface area contributed by atoms with E-state index in [0.29, 0.717) is 23.5 Å². The van der Waals surface area contributed by atoms with Crippen LogP contribution in [0.5, 0.6) is 0 Å². The average molecular weight is 668 g/mol. The van der Waals surface area contributed by atoms with Crippen LogP contribution in [0.1, 0.15) is 0 Å². The van der Waals surface area contributed by atoms with Crippen molar-refractivity contribution in [1.29, 1.82) is 0 Å². The monoisotopic (exact) mass is 667 g/mol. The summed E-state index contributed by atoms with van der Waals surface area (Å²) in [6.07, 6.45) is 0. The fourth-order valence-corrected chi connectivity index (χ4v) is 6.92. The molecule has 0 amide bonds. The van der Waals surface area contributed by atoms with Gasteiger partial charge >= 0.3 is 6.01 Å². The molecule has 0 saturated carbocycles. The summed E-state index contributed by atoms with van der Waals surface area (Å²) >= 11 is 0. The van der Waals surface area contributed by atoms with Gasteiger partial charge in [-0.1, -0.05) is 146 Å². The van der Waals surface area contributed by atoms with Crippen LogP contribution in [-0.4, -0.2) is 24.5 Å². The predicted octanol–water partition coefficient (Wildman–Crippen LogP) is 11.4. The summed E-state index contributed by atoms with van der Waals surface area (Å²) in [4.78, 5) is 19.7. The van der Waals surface area contributed by atoms with E-state index in [4.69, 9.17) is 24.4 Å². The third-order valence-electron chi connectivity index (χ3n) is 9.54. The van der Waals surface area contributed by atoms with Gasteiger partial charge in [-0.2, -0.15) is 4.98 Å². The molecule has 0 radical (unpaired) electrons. The highest BCUT2D eigenvalue weighted by molar-refractivity contribution is 6.10. The van der Waals surface area contributed by atoms with E-state index >= 15 is 0 Å². The van der Waals surface area contributed by atoms with Crippen molar-refractivity contribution in [2.75, 3.05) is 0 Å². The Morgan fingerprint density at radius 2 is 0.808 bits per heavy atom. The van der Waals surface area contributed by atoms with Crippen molar-refractivity contribution in [3.63, 3.8) is 0 Å². The molecule has 0 N–H and O–H groups in total. The Morgan fingerprint density at radius 3 is 1.46 bits per heavy atom. The molecule has 0 bridgehead atoms. The zero-order chi connectivity index (χ0) is 34.4. The Labute approximate surface area is 299 Å². The number of oxazole rings is 1. The van der Waals surface area contributed by atoms with Crippen LogP contribution in [0.3, 0.4) is 0 Å². The molecular weight excluding hydrogens is 639 g/mol. The second kappa shape index (κ2) is 12.3. The van der Waals surface area contributed by atoms with E-state index in [0.717, 1.165) is 66.3 Å². The summed E-state index contributed by atoms with van der Waals surface area (Å²) in [6, 6.07) is 60.7. The Kier molecular flexibility index (Phi) is 7.03. The first-order valence-corrected chi connectivity index (χ1v) is 17.2. The minimum atomic E-state index is 0.559. The molecule has 10 aromatic rings. The lowest BCUT2D eigenvalue weighted by molar-refractivity contribution is 0.574. The molecule has 0 fully saturated rings. The summed E-state index contributed by atoms with van der Waals surface area (Å²) in [5.41, 5.74) is 11.0. The van der Waals surface area contributed by atoms with Gasteiger partial charge in [-0.05, 0) is 52.6 Å². The van der Waals surface area contributed by atoms with Gasteiger partial charge < -0.3 is 4.42 Å². The van der Waals surface area contributed by atoms with Crippen LogP contribution in [-0.2, 0) is 0 Å². The largest absolute Gasteiger partial charge is 0.423 e. The number of nitrogens with zero attached hydrogens (tertiary/aromatic N) is 5. The Hall–Kier alpha value is -7.18. The van der Waals surface area contributed by atoms with Crippen LogP contribution in [0.2, 0.25) is 0 Å². The van der Waals surface area contributed by atoms with Gasteiger partial charge in [0.25, 0.3) is 0 Å². The van der Waals surface area contributed by atoms with Crippen LogP contribution in [0.25, 0.3) is 95.3 Å². The Morgan fingerprint density at radius 1 is 0.346 bits per heavy atom. The van der Waals surface area contributed by atoms with Crippen LogP contribution < -0.4 is 0 Å². The molecule has 10 rings (SSSR count). The summed E-state index contributed by atoms with van der Waals surface area (Å²) in [7, 11) is 0. The van der Waals surface area contributed by atoms with E-state index < -0.39 is 0 Å². The van der Waals surface area contributed by atoms with E-state index in [9.17, 15) is 0 Å². The molecule has 7 aromatic carbocycles. The topological polar surface area (TPSA) is 69.6 Å². The summed E-state index contributed by atoms with van der Waals surface area (Å²) in [6.45, 7) is 0. The minimum Gasteiger partial charge on any atom is -0.423 e. The van der Waals surface area contributed by atoms with E-state index in [-0.39, 0.29) is 0 Å². The highest BCUT2D eigenvalue weighted by Crippen LogP contribution is 2.36. The van der Waals surface area contributed by atoms with Gasteiger partial charge in [0.05, 0.1) is 11.0 Å². The number of hydrogen-bond donors (Lipinski definition) is 0. The Bertz CT molecular complexity index is 2840. The normalized spacial score (nSPS) is 11.5. The van der Waals surface area contributed by atoms with Crippen molar-refractivity contribution in [2.45, 2.75) is 0 Å². The van der Waals surface area contributed by atoms with Crippen molar-refractivity contribution >= 4 is 32.9 Å². The van der Waals surface area contributed by atoms with Gasteiger partial charge in [0.1, 0.15) is 5.52 Å². The molecular formula is C46H29N5O. The quantitative estimate of drug-likeness (QED) is 0.176. The number of aromatic nitrogens is 5. The average Bonchev–Trinajstić information content (AvgIpc) is 3.80. The standard InChI is InChI=1S/C46H29N5O/c1-3-11-30(12-4-1)31-19-23-34(24-20-31)44-48-43(33-13-5-2-6-14-33)49-45(50-44)35-25-21-32(22-26-35)36-27-28-41-38(29-36)37-15-7-9-17-40(37)51(41)46-47-39-16-8-10-18-42(39)52-46/h1-29H. The summed E-state index contributed by atoms with van der Waals surface area (Å²) in [5.74, 6) is 1.89. The van der Waals surface area contributed by atoms with Gasteiger partial charge in [0.2, 0.25) is 0 Å². The molecule has 0 aliphatic rings. The van der Waals surface area contributed by atoms with Crippen molar-refractivity contribution in [3.05, 3.63) is 176 Å². The van der Waals surface area contributed by atoms with Crippen LogP contribution in [0.15, 0.2) is 180 Å². The lowest BCUT2D eigenvalue weighted by atomic mass is 10.0. The predicted molar refractivity (Wildman–Crippen MR) is 209 cm³/mol. The third kappa shape index (κ3) is 5.22. The van der Waals surface area contributed by atoms with Crippen LogP contribution in [0.4, 0.5) is 0 Å². The number of benzene rings is 7. The van der Waals surface area contributed by atoms with E-state index in [1.165, 1.54) is 5.56 Å². The van der Waals surface area contributed by atoms with E-state index in [2.05, 4.69) is 120 Å². The van der Waals surface area contributed by atoms with Crippen molar-refractivity contribution in [3.8, 4) is 62.4 Å². The fourth-order valence-electron chi connectivity index (χ4n) is 6.92. The molecule has 0 unspecified atom stereocenters. The maximum Gasteiger partial charge on any atom is 0.307 e. The minimum absolute atomic E-state index is 0.559. The smallest absolute Gasteiger partial charge is 0.307 e. The highest BCUT2D eigenvalue weighted by atomic mass is 16.4. The number of para-hydroxylation sites is 3. The molecule has 6 heteroatoms. The maximum absolute atomic E-state index is 6.23. The van der Waals surface area contributed by atoms with Gasteiger partial charge in [-0.15, -0.1) is 0 Å². The molecule has 0 atom stereocenters.